The molecular weight excluding hydrogens is 138 g/mol. The first-order chi connectivity index (χ1) is 5.36. The summed E-state index contributed by atoms with van der Waals surface area (Å²) < 4.78 is 0. The van der Waals surface area contributed by atoms with Crippen LogP contribution in [0.4, 0.5) is 0 Å². The minimum absolute atomic E-state index is 0.868. The lowest BCUT2D eigenvalue weighted by Gasteiger charge is -2.43. The third-order valence-electron chi connectivity index (χ3n) is 2.75. The maximum absolute atomic E-state index is 3.40. The van der Waals surface area contributed by atoms with E-state index >= 15 is 0 Å². The van der Waals surface area contributed by atoms with Crippen LogP contribution in [0.1, 0.15) is 12.8 Å². The van der Waals surface area contributed by atoms with E-state index in [-0.39, 0.29) is 0 Å². The van der Waals surface area contributed by atoms with Crippen molar-refractivity contribution in [1.82, 2.24) is 15.1 Å². The molecule has 1 atom stereocenters. The van der Waals surface area contributed by atoms with E-state index in [0.29, 0.717) is 0 Å². The van der Waals surface area contributed by atoms with Crippen molar-refractivity contribution in [2.45, 2.75) is 18.9 Å². The summed E-state index contributed by atoms with van der Waals surface area (Å²) in [6.45, 7) is 4.73. The highest BCUT2D eigenvalue weighted by molar-refractivity contribution is 4.80. The SMILES string of the molecule is CN1CCC2CCNCN2C1. The van der Waals surface area contributed by atoms with Gasteiger partial charge in [-0.15, -0.1) is 0 Å². The molecule has 0 aromatic carbocycles. The molecule has 0 aromatic heterocycles. The molecule has 0 spiro atoms. The van der Waals surface area contributed by atoms with Crippen molar-refractivity contribution in [3.05, 3.63) is 0 Å². The summed E-state index contributed by atoms with van der Waals surface area (Å²) in [6.07, 6.45) is 2.70. The van der Waals surface area contributed by atoms with Crippen molar-refractivity contribution in [3.63, 3.8) is 0 Å². The normalized spacial score (nSPS) is 35.2. The molecule has 2 rings (SSSR count). The highest BCUT2D eigenvalue weighted by Crippen LogP contribution is 2.16. The van der Waals surface area contributed by atoms with E-state index in [9.17, 15) is 0 Å². The molecule has 0 radical (unpaired) electrons. The fourth-order valence-corrected chi connectivity index (χ4v) is 2.05. The zero-order valence-electron chi connectivity index (χ0n) is 7.21. The lowest BCUT2D eigenvalue weighted by molar-refractivity contribution is 0.0261. The predicted molar refractivity (Wildman–Crippen MR) is 45.2 cm³/mol. The number of hydrogen-bond donors (Lipinski definition) is 1. The minimum Gasteiger partial charge on any atom is -0.304 e. The number of rotatable bonds is 0. The van der Waals surface area contributed by atoms with E-state index in [1.807, 2.05) is 0 Å². The maximum atomic E-state index is 3.40. The Morgan fingerprint density at radius 3 is 3.18 bits per heavy atom. The summed E-state index contributed by atoms with van der Waals surface area (Å²) in [5.41, 5.74) is 0. The summed E-state index contributed by atoms with van der Waals surface area (Å²) in [5.74, 6) is 0. The topological polar surface area (TPSA) is 18.5 Å². The molecule has 2 heterocycles. The Hall–Kier alpha value is -0.120. The molecule has 2 aliphatic rings. The number of nitrogens with one attached hydrogen (secondary N) is 1. The highest BCUT2D eigenvalue weighted by atomic mass is 15.4. The van der Waals surface area contributed by atoms with Crippen LogP contribution in [0.15, 0.2) is 0 Å². The Kier molecular flexibility index (Phi) is 2.11. The molecule has 3 nitrogen and oxygen atoms in total. The van der Waals surface area contributed by atoms with E-state index in [1.54, 1.807) is 0 Å². The van der Waals surface area contributed by atoms with Gasteiger partial charge in [0.25, 0.3) is 0 Å². The van der Waals surface area contributed by atoms with E-state index < -0.39 is 0 Å². The lowest BCUT2D eigenvalue weighted by Crippen LogP contribution is -2.56. The molecular formula is C8H17N3. The molecule has 1 N–H and O–H groups in total. The average molecular weight is 155 g/mol. The van der Waals surface area contributed by atoms with Crippen LogP contribution in [0.25, 0.3) is 0 Å². The smallest absolute Gasteiger partial charge is 0.0518 e. The summed E-state index contributed by atoms with van der Waals surface area (Å²) in [6, 6.07) is 0.868. The van der Waals surface area contributed by atoms with Gasteiger partial charge in [0.1, 0.15) is 0 Å². The van der Waals surface area contributed by atoms with Crippen LogP contribution in [-0.2, 0) is 0 Å². The number of fused-ring (bicyclic) bond motifs is 1. The molecule has 0 aliphatic carbocycles. The zero-order chi connectivity index (χ0) is 7.68. The van der Waals surface area contributed by atoms with Gasteiger partial charge in [-0.1, -0.05) is 0 Å². The standard InChI is InChI=1S/C8H17N3/c1-10-5-3-8-2-4-9-6-11(8)7-10/h8-9H,2-7H2,1H3. The van der Waals surface area contributed by atoms with Gasteiger partial charge in [0.2, 0.25) is 0 Å². The second-order valence-corrected chi connectivity index (χ2v) is 3.70. The van der Waals surface area contributed by atoms with Crippen LogP contribution in [0.5, 0.6) is 0 Å². The number of nitrogens with zero attached hydrogens (tertiary/aromatic N) is 2. The molecule has 11 heavy (non-hydrogen) atoms. The van der Waals surface area contributed by atoms with Gasteiger partial charge in [-0.25, -0.2) is 0 Å². The Labute approximate surface area is 68.4 Å². The first-order valence-corrected chi connectivity index (χ1v) is 4.49. The third kappa shape index (κ3) is 1.55. The second-order valence-electron chi connectivity index (χ2n) is 3.70. The predicted octanol–water partition coefficient (Wildman–Crippen LogP) is -0.0992. The van der Waals surface area contributed by atoms with Gasteiger partial charge in [-0.2, -0.15) is 0 Å². The first kappa shape index (κ1) is 7.53. The van der Waals surface area contributed by atoms with Crippen LogP contribution in [0.2, 0.25) is 0 Å². The molecule has 2 aliphatic heterocycles. The summed E-state index contributed by atoms with van der Waals surface area (Å²) >= 11 is 0. The molecule has 2 saturated heterocycles. The molecule has 3 heteroatoms. The van der Waals surface area contributed by atoms with Crippen LogP contribution in [0.3, 0.4) is 0 Å². The molecule has 1 unspecified atom stereocenters. The lowest BCUT2D eigenvalue weighted by atomic mass is 10.1. The van der Waals surface area contributed by atoms with Gasteiger partial charge >= 0.3 is 0 Å². The van der Waals surface area contributed by atoms with E-state index in [4.69, 9.17) is 0 Å². The minimum atomic E-state index is 0.868. The zero-order valence-corrected chi connectivity index (χ0v) is 7.21. The Morgan fingerprint density at radius 1 is 1.36 bits per heavy atom. The Bertz CT molecular complexity index is 137. The van der Waals surface area contributed by atoms with E-state index in [2.05, 4.69) is 22.2 Å². The van der Waals surface area contributed by atoms with Gasteiger partial charge in [0.05, 0.1) is 6.67 Å². The van der Waals surface area contributed by atoms with Crippen molar-refractivity contribution in [2.24, 2.45) is 0 Å². The largest absolute Gasteiger partial charge is 0.304 e. The molecule has 0 bridgehead atoms. The van der Waals surface area contributed by atoms with Gasteiger partial charge in [-0.3, -0.25) is 9.80 Å². The molecule has 0 aromatic rings. The third-order valence-corrected chi connectivity index (χ3v) is 2.75. The molecule has 0 amide bonds. The second kappa shape index (κ2) is 3.09. The first-order valence-electron chi connectivity index (χ1n) is 4.49. The summed E-state index contributed by atoms with van der Waals surface area (Å²) in [4.78, 5) is 4.93. The van der Waals surface area contributed by atoms with Crippen molar-refractivity contribution in [2.75, 3.05) is 33.5 Å². The van der Waals surface area contributed by atoms with E-state index in [1.165, 1.54) is 25.9 Å². The van der Waals surface area contributed by atoms with Crippen molar-refractivity contribution >= 4 is 0 Å². The van der Waals surface area contributed by atoms with Crippen molar-refractivity contribution < 1.29 is 0 Å². The summed E-state index contributed by atoms with van der Waals surface area (Å²) in [7, 11) is 2.20. The summed E-state index contributed by atoms with van der Waals surface area (Å²) in [5, 5.41) is 3.40. The Morgan fingerprint density at radius 2 is 2.27 bits per heavy atom. The van der Waals surface area contributed by atoms with E-state index in [0.717, 1.165) is 19.4 Å². The highest BCUT2D eigenvalue weighted by Gasteiger charge is 2.26. The quantitative estimate of drug-likeness (QED) is 0.527. The van der Waals surface area contributed by atoms with Gasteiger partial charge < -0.3 is 5.32 Å². The number of hydrogen-bond acceptors (Lipinski definition) is 3. The molecule has 0 saturated carbocycles. The maximum Gasteiger partial charge on any atom is 0.0518 e. The van der Waals surface area contributed by atoms with Gasteiger partial charge in [0.15, 0.2) is 0 Å². The fourth-order valence-electron chi connectivity index (χ4n) is 2.05. The van der Waals surface area contributed by atoms with Crippen LogP contribution in [-0.4, -0.2) is 49.3 Å². The molecule has 2 fully saturated rings. The van der Waals surface area contributed by atoms with Crippen LogP contribution in [0, 0.1) is 0 Å². The fraction of sp³-hybridized carbons (Fsp3) is 1.00. The van der Waals surface area contributed by atoms with Crippen LogP contribution >= 0.6 is 0 Å². The Balaban J connectivity index is 1.93. The van der Waals surface area contributed by atoms with Crippen molar-refractivity contribution in [3.8, 4) is 0 Å². The van der Waals surface area contributed by atoms with Gasteiger partial charge in [0, 0.05) is 19.3 Å². The van der Waals surface area contributed by atoms with Gasteiger partial charge in [-0.05, 0) is 26.4 Å². The van der Waals surface area contributed by atoms with Crippen LogP contribution < -0.4 is 5.32 Å². The average Bonchev–Trinajstić information content (AvgIpc) is 2.04. The van der Waals surface area contributed by atoms with Crippen molar-refractivity contribution in [1.29, 1.82) is 0 Å². The molecule has 64 valence electrons. The monoisotopic (exact) mass is 155 g/mol.